The van der Waals surface area contributed by atoms with Crippen molar-refractivity contribution in [2.75, 3.05) is 0 Å². The van der Waals surface area contributed by atoms with Gasteiger partial charge in [-0.05, 0) is 25.7 Å². The first-order valence-electron chi connectivity index (χ1n) is 3.53. The first kappa shape index (κ1) is 7.54. The second-order valence-electron chi connectivity index (χ2n) is 3.35. The van der Waals surface area contributed by atoms with Crippen LogP contribution in [0.2, 0.25) is 0 Å². The van der Waals surface area contributed by atoms with E-state index in [2.05, 4.69) is 0 Å². The van der Waals surface area contributed by atoms with Crippen LogP contribution in [0.25, 0.3) is 0 Å². The summed E-state index contributed by atoms with van der Waals surface area (Å²) >= 11 is 0. The van der Waals surface area contributed by atoms with Crippen LogP contribution in [0, 0.1) is 5.92 Å². The molecule has 0 aromatic rings. The molecule has 0 unspecified atom stereocenters. The standard InChI is InChI=1S/C7H13NO2/c1-7(8,4-6(9)10)5-2-3-5/h5H,2-4,8H2,1H3,(H,9,10)/t7-/m0/s1. The van der Waals surface area contributed by atoms with E-state index < -0.39 is 11.5 Å². The number of carboxylic acid groups (broad SMARTS) is 1. The number of rotatable bonds is 3. The number of hydrogen-bond donors (Lipinski definition) is 2. The molecule has 1 atom stereocenters. The van der Waals surface area contributed by atoms with E-state index in [1.54, 1.807) is 0 Å². The molecule has 0 radical (unpaired) electrons. The molecule has 10 heavy (non-hydrogen) atoms. The number of carbonyl (C=O) groups is 1. The zero-order valence-electron chi connectivity index (χ0n) is 6.13. The van der Waals surface area contributed by atoms with Crippen LogP contribution in [0.15, 0.2) is 0 Å². The summed E-state index contributed by atoms with van der Waals surface area (Å²) in [6.45, 7) is 1.82. The summed E-state index contributed by atoms with van der Waals surface area (Å²) in [6.07, 6.45) is 2.29. The average molecular weight is 143 g/mol. The monoisotopic (exact) mass is 143 g/mol. The Morgan fingerprint density at radius 2 is 2.30 bits per heavy atom. The molecule has 1 fully saturated rings. The van der Waals surface area contributed by atoms with Crippen LogP contribution in [-0.4, -0.2) is 16.6 Å². The van der Waals surface area contributed by atoms with Crippen molar-refractivity contribution < 1.29 is 9.90 Å². The van der Waals surface area contributed by atoms with Gasteiger partial charge in [0.05, 0.1) is 6.42 Å². The zero-order valence-corrected chi connectivity index (χ0v) is 6.13. The third-order valence-corrected chi connectivity index (χ3v) is 2.04. The Morgan fingerprint density at radius 3 is 2.60 bits per heavy atom. The lowest BCUT2D eigenvalue weighted by Crippen LogP contribution is -2.40. The maximum Gasteiger partial charge on any atom is 0.305 e. The molecule has 58 valence electrons. The van der Waals surface area contributed by atoms with Crippen LogP contribution in [0.3, 0.4) is 0 Å². The second-order valence-corrected chi connectivity index (χ2v) is 3.35. The average Bonchev–Trinajstić information content (AvgIpc) is 2.35. The fourth-order valence-electron chi connectivity index (χ4n) is 1.21. The molecule has 1 saturated carbocycles. The van der Waals surface area contributed by atoms with E-state index in [1.807, 2.05) is 6.92 Å². The van der Waals surface area contributed by atoms with E-state index in [1.165, 1.54) is 0 Å². The van der Waals surface area contributed by atoms with E-state index in [0.717, 1.165) is 12.8 Å². The van der Waals surface area contributed by atoms with Gasteiger partial charge in [-0.1, -0.05) is 0 Å². The van der Waals surface area contributed by atoms with Crippen molar-refractivity contribution in [2.45, 2.75) is 31.7 Å². The highest BCUT2D eigenvalue weighted by Gasteiger charge is 2.39. The Balaban J connectivity index is 2.41. The lowest BCUT2D eigenvalue weighted by molar-refractivity contribution is -0.138. The maximum atomic E-state index is 10.3. The fourth-order valence-corrected chi connectivity index (χ4v) is 1.21. The Morgan fingerprint density at radius 1 is 1.80 bits per heavy atom. The molecule has 1 aliphatic rings. The molecule has 0 bridgehead atoms. The van der Waals surface area contributed by atoms with Crippen LogP contribution in [-0.2, 0) is 4.79 Å². The molecule has 0 aromatic heterocycles. The third-order valence-electron chi connectivity index (χ3n) is 2.04. The molecular formula is C7H13NO2. The van der Waals surface area contributed by atoms with E-state index in [-0.39, 0.29) is 6.42 Å². The van der Waals surface area contributed by atoms with Gasteiger partial charge in [0.2, 0.25) is 0 Å². The predicted octanol–water partition coefficient (Wildman–Crippen LogP) is 0.588. The largest absolute Gasteiger partial charge is 0.481 e. The number of hydrogen-bond acceptors (Lipinski definition) is 2. The highest BCUT2D eigenvalue weighted by atomic mass is 16.4. The Bertz CT molecular complexity index is 150. The molecule has 3 N–H and O–H groups in total. The molecule has 0 spiro atoms. The summed E-state index contributed by atoms with van der Waals surface area (Å²) in [6, 6.07) is 0. The van der Waals surface area contributed by atoms with Crippen molar-refractivity contribution in [3.8, 4) is 0 Å². The van der Waals surface area contributed by atoms with Gasteiger partial charge in [0, 0.05) is 5.54 Å². The highest BCUT2D eigenvalue weighted by molar-refractivity contribution is 5.68. The molecule has 0 amide bonds. The van der Waals surface area contributed by atoms with Gasteiger partial charge >= 0.3 is 5.97 Å². The van der Waals surface area contributed by atoms with E-state index >= 15 is 0 Å². The van der Waals surface area contributed by atoms with Crippen LogP contribution in [0.5, 0.6) is 0 Å². The molecular weight excluding hydrogens is 130 g/mol. The van der Waals surface area contributed by atoms with Crippen molar-refractivity contribution in [2.24, 2.45) is 11.7 Å². The lowest BCUT2D eigenvalue weighted by Gasteiger charge is -2.21. The quantitative estimate of drug-likeness (QED) is 0.607. The van der Waals surface area contributed by atoms with Gasteiger partial charge < -0.3 is 10.8 Å². The summed E-state index contributed by atoms with van der Waals surface area (Å²) in [5.74, 6) is -0.347. The van der Waals surface area contributed by atoms with Gasteiger partial charge in [0.15, 0.2) is 0 Å². The topological polar surface area (TPSA) is 63.3 Å². The fraction of sp³-hybridized carbons (Fsp3) is 0.857. The Hall–Kier alpha value is -0.570. The predicted molar refractivity (Wildman–Crippen MR) is 37.6 cm³/mol. The smallest absolute Gasteiger partial charge is 0.305 e. The zero-order chi connectivity index (χ0) is 7.78. The van der Waals surface area contributed by atoms with E-state index in [4.69, 9.17) is 10.8 Å². The second kappa shape index (κ2) is 2.23. The first-order chi connectivity index (χ1) is 4.52. The van der Waals surface area contributed by atoms with Crippen LogP contribution in [0.1, 0.15) is 26.2 Å². The number of aliphatic carboxylic acids is 1. The first-order valence-corrected chi connectivity index (χ1v) is 3.53. The van der Waals surface area contributed by atoms with Crippen LogP contribution in [0.4, 0.5) is 0 Å². The van der Waals surface area contributed by atoms with Crippen molar-refractivity contribution in [1.82, 2.24) is 0 Å². The molecule has 1 rings (SSSR count). The van der Waals surface area contributed by atoms with Crippen molar-refractivity contribution in [3.63, 3.8) is 0 Å². The molecule has 3 heteroatoms. The van der Waals surface area contributed by atoms with Gasteiger partial charge in [-0.25, -0.2) is 0 Å². The van der Waals surface area contributed by atoms with Gasteiger partial charge in [-0.2, -0.15) is 0 Å². The summed E-state index contributed by atoms with van der Waals surface area (Å²) in [5, 5.41) is 8.45. The SMILES string of the molecule is C[C@](N)(CC(=O)O)C1CC1. The lowest BCUT2D eigenvalue weighted by atomic mass is 9.93. The molecule has 1 aliphatic carbocycles. The van der Waals surface area contributed by atoms with Crippen LogP contribution >= 0.6 is 0 Å². The van der Waals surface area contributed by atoms with Gasteiger partial charge in [-0.15, -0.1) is 0 Å². The number of carboxylic acids is 1. The molecule has 0 aromatic carbocycles. The van der Waals surface area contributed by atoms with Crippen molar-refractivity contribution in [1.29, 1.82) is 0 Å². The normalized spacial score (nSPS) is 23.8. The van der Waals surface area contributed by atoms with Gasteiger partial charge in [0.25, 0.3) is 0 Å². The van der Waals surface area contributed by atoms with Crippen molar-refractivity contribution in [3.05, 3.63) is 0 Å². The Kier molecular flexibility index (Phi) is 1.68. The molecule has 0 heterocycles. The Labute approximate surface area is 60.2 Å². The van der Waals surface area contributed by atoms with Crippen LogP contribution < -0.4 is 5.73 Å². The minimum Gasteiger partial charge on any atom is -0.481 e. The molecule has 3 nitrogen and oxygen atoms in total. The van der Waals surface area contributed by atoms with Gasteiger partial charge in [-0.3, -0.25) is 4.79 Å². The van der Waals surface area contributed by atoms with Gasteiger partial charge in [0.1, 0.15) is 0 Å². The molecule has 0 aliphatic heterocycles. The van der Waals surface area contributed by atoms with E-state index in [0.29, 0.717) is 5.92 Å². The van der Waals surface area contributed by atoms with E-state index in [9.17, 15) is 4.79 Å². The maximum absolute atomic E-state index is 10.3. The van der Waals surface area contributed by atoms with Crippen molar-refractivity contribution >= 4 is 5.97 Å². The third kappa shape index (κ3) is 1.70. The summed E-state index contributed by atoms with van der Waals surface area (Å²) in [7, 11) is 0. The summed E-state index contributed by atoms with van der Waals surface area (Å²) in [5.41, 5.74) is 5.28. The number of nitrogens with two attached hydrogens (primary N) is 1. The minimum atomic E-state index is -0.795. The highest BCUT2D eigenvalue weighted by Crippen LogP contribution is 2.39. The minimum absolute atomic E-state index is 0.0949. The molecule has 0 saturated heterocycles. The summed E-state index contributed by atoms with van der Waals surface area (Å²) < 4.78 is 0. The summed E-state index contributed by atoms with van der Waals surface area (Å²) in [4.78, 5) is 10.3.